The number of anilines is 1. The molecule has 0 aromatic heterocycles. The summed E-state index contributed by atoms with van der Waals surface area (Å²) in [4.78, 5) is 0. The zero-order valence-corrected chi connectivity index (χ0v) is 11.8. The van der Waals surface area contributed by atoms with E-state index in [-0.39, 0.29) is 0 Å². The third-order valence-corrected chi connectivity index (χ3v) is 3.12. The van der Waals surface area contributed by atoms with Crippen LogP contribution in [0.5, 0.6) is 0 Å². The minimum Gasteiger partial charge on any atom is -0.388 e. The molecule has 0 aliphatic heterocycles. The third kappa shape index (κ3) is 2.75. The Labute approximate surface area is 101 Å². The Balaban J connectivity index is 3.38. The van der Waals surface area contributed by atoms with Crippen LogP contribution in [0.25, 0.3) is 0 Å². The third-order valence-electron chi connectivity index (χ3n) is 2.66. The molecule has 1 rings (SSSR count). The van der Waals surface area contributed by atoms with Gasteiger partial charge in [0.15, 0.2) is 0 Å². The molecule has 0 fully saturated rings. The Bertz CT molecular complexity index is 313. The number of halogens is 1. The molecule has 1 aromatic rings. The Morgan fingerprint density at radius 2 is 1.40 bits per heavy atom. The summed E-state index contributed by atoms with van der Waals surface area (Å²) in [6.45, 7) is 8.92. The van der Waals surface area contributed by atoms with Gasteiger partial charge in [0.25, 0.3) is 0 Å². The van der Waals surface area contributed by atoms with Crippen molar-refractivity contribution < 1.29 is 0 Å². The molecule has 0 spiro atoms. The molecule has 0 saturated carbocycles. The number of hydrogen-bond acceptors (Lipinski definition) is 1. The summed E-state index contributed by atoms with van der Waals surface area (Å²) in [6, 6.07) is 4.42. The maximum Gasteiger partial charge on any atom is 0.0408 e. The van der Waals surface area contributed by atoms with E-state index in [2.05, 4.69) is 61.1 Å². The van der Waals surface area contributed by atoms with Gasteiger partial charge in [-0.05, 0) is 35.1 Å². The second-order valence-electron chi connectivity index (χ2n) is 4.52. The Kier molecular flexibility index (Phi) is 4.21. The minimum atomic E-state index is 0.544. The van der Waals surface area contributed by atoms with Crippen molar-refractivity contribution in [3.8, 4) is 0 Å². The van der Waals surface area contributed by atoms with Gasteiger partial charge < -0.3 is 5.32 Å². The van der Waals surface area contributed by atoms with E-state index in [0.29, 0.717) is 11.8 Å². The van der Waals surface area contributed by atoms with Gasteiger partial charge in [0.1, 0.15) is 0 Å². The monoisotopic (exact) mass is 269 g/mol. The minimum absolute atomic E-state index is 0.544. The largest absolute Gasteiger partial charge is 0.388 e. The maximum atomic E-state index is 3.59. The van der Waals surface area contributed by atoms with Gasteiger partial charge in [-0.15, -0.1) is 0 Å². The van der Waals surface area contributed by atoms with Crippen molar-refractivity contribution in [2.75, 3.05) is 12.4 Å². The number of hydrogen-bond donors (Lipinski definition) is 1. The predicted octanol–water partition coefficient (Wildman–Crippen LogP) is 4.74. The van der Waals surface area contributed by atoms with E-state index in [1.807, 2.05) is 7.05 Å². The molecule has 1 aromatic carbocycles. The van der Waals surface area contributed by atoms with Gasteiger partial charge in [-0.25, -0.2) is 0 Å². The summed E-state index contributed by atoms with van der Waals surface area (Å²) in [5, 5.41) is 3.33. The van der Waals surface area contributed by atoms with Gasteiger partial charge in [-0.1, -0.05) is 43.6 Å². The molecule has 0 radical (unpaired) electrons. The summed E-state index contributed by atoms with van der Waals surface area (Å²) in [5.74, 6) is 1.09. The predicted molar refractivity (Wildman–Crippen MR) is 71.9 cm³/mol. The van der Waals surface area contributed by atoms with Crippen LogP contribution in [0, 0.1) is 0 Å². The van der Waals surface area contributed by atoms with Gasteiger partial charge in [-0.2, -0.15) is 0 Å². The highest BCUT2D eigenvalue weighted by atomic mass is 79.9. The van der Waals surface area contributed by atoms with E-state index >= 15 is 0 Å². The van der Waals surface area contributed by atoms with Gasteiger partial charge in [0.2, 0.25) is 0 Å². The highest BCUT2D eigenvalue weighted by molar-refractivity contribution is 9.10. The van der Waals surface area contributed by atoms with Crippen molar-refractivity contribution in [1.82, 2.24) is 0 Å². The lowest BCUT2D eigenvalue weighted by Crippen LogP contribution is -2.03. The van der Waals surface area contributed by atoms with Crippen LogP contribution < -0.4 is 5.32 Å². The second kappa shape index (κ2) is 5.02. The van der Waals surface area contributed by atoms with E-state index in [0.717, 1.165) is 0 Å². The van der Waals surface area contributed by atoms with Crippen LogP contribution >= 0.6 is 15.9 Å². The van der Waals surface area contributed by atoms with Crippen LogP contribution in [0.1, 0.15) is 50.7 Å². The maximum absolute atomic E-state index is 3.59. The van der Waals surface area contributed by atoms with Crippen molar-refractivity contribution in [2.45, 2.75) is 39.5 Å². The number of benzene rings is 1. The van der Waals surface area contributed by atoms with Crippen LogP contribution in [0.2, 0.25) is 0 Å². The highest BCUT2D eigenvalue weighted by Gasteiger charge is 2.13. The van der Waals surface area contributed by atoms with Crippen LogP contribution in [0.4, 0.5) is 5.69 Å². The first-order valence-electron chi connectivity index (χ1n) is 5.48. The molecule has 15 heavy (non-hydrogen) atoms. The average molecular weight is 270 g/mol. The van der Waals surface area contributed by atoms with E-state index in [4.69, 9.17) is 0 Å². The van der Waals surface area contributed by atoms with E-state index < -0.39 is 0 Å². The van der Waals surface area contributed by atoms with Gasteiger partial charge >= 0.3 is 0 Å². The smallest absolute Gasteiger partial charge is 0.0408 e. The zero-order valence-electron chi connectivity index (χ0n) is 10.2. The number of nitrogens with one attached hydrogen (secondary N) is 1. The van der Waals surface area contributed by atoms with Gasteiger partial charge in [0, 0.05) is 17.2 Å². The fourth-order valence-corrected chi connectivity index (χ4v) is 2.34. The van der Waals surface area contributed by atoms with Gasteiger partial charge in [-0.3, -0.25) is 0 Å². The van der Waals surface area contributed by atoms with Crippen LogP contribution in [-0.2, 0) is 0 Å². The van der Waals surface area contributed by atoms with Crippen molar-refractivity contribution >= 4 is 21.6 Å². The fourth-order valence-electron chi connectivity index (χ4n) is 1.85. The molecule has 84 valence electrons. The Morgan fingerprint density at radius 3 is 1.67 bits per heavy atom. The standard InChI is InChI=1S/C13H20BrN/c1-8(2)11-6-10(14)7-12(9(3)4)13(11)15-5/h6-9,15H,1-5H3. The lowest BCUT2D eigenvalue weighted by atomic mass is 9.93. The zero-order chi connectivity index (χ0) is 11.6. The van der Waals surface area contributed by atoms with Crippen molar-refractivity contribution in [3.05, 3.63) is 27.7 Å². The normalized spacial score (nSPS) is 11.2. The Hall–Kier alpha value is -0.500. The lowest BCUT2D eigenvalue weighted by Gasteiger charge is -2.19. The highest BCUT2D eigenvalue weighted by Crippen LogP contribution is 2.35. The molecule has 0 atom stereocenters. The fraction of sp³-hybridized carbons (Fsp3) is 0.538. The molecule has 0 aliphatic carbocycles. The summed E-state index contributed by atoms with van der Waals surface area (Å²) in [5.41, 5.74) is 4.06. The molecular weight excluding hydrogens is 250 g/mol. The summed E-state index contributed by atoms with van der Waals surface area (Å²) >= 11 is 3.59. The SMILES string of the molecule is CNc1c(C(C)C)cc(Br)cc1C(C)C. The quantitative estimate of drug-likeness (QED) is 0.836. The first kappa shape index (κ1) is 12.6. The van der Waals surface area contributed by atoms with Crippen LogP contribution in [0.3, 0.4) is 0 Å². The van der Waals surface area contributed by atoms with E-state index in [1.54, 1.807) is 0 Å². The molecule has 0 unspecified atom stereocenters. The van der Waals surface area contributed by atoms with Crippen LogP contribution in [-0.4, -0.2) is 7.05 Å². The van der Waals surface area contributed by atoms with Gasteiger partial charge in [0.05, 0.1) is 0 Å². The summed E-state index contributed by atoms with van der Waals surface area (Å²) < 4.78 is 1.17. The van der Waals surface area contributed by atoms with Crippen LogP contribution in [0.15, 0.2) is 16.6 Å². The molecule has 0 bridgehead atoms. The van der Waals surface area contributed by atoms with E-state index in [1.165, 1.54) is 21.3 Å². The summed E-state index contributed by atoms with van der Waals surface area (Å²) in [7, 11) is 2.00. The molecule has 1 N–H and O–H groups in total. The van der Waals surface area contributed by atoms with E-state index in [9.17, 15) is 0 Å². The molecule has 0 saturated heterocycles. The molecule has 2 heteroatoms. The Morgan fingerprint density at radius 1 is 1.00 bits per heavy atom. The molecule has 0 aliphatic rings. The molecule has 1 nitrogen and oxygen atoms in total. The average Bonchev–Trinajstić information content (AvgIpc) is 2.16. The van der Waals surface area contributed by atoms with Crippen molar-refractivity contribution in [3.63, 3.8) is 0 Å². The topological polar surface area (TPSA) is 12.0 Å². The first-order valence-corrected chi connectivity index (χ1v) is 6.27. The van der Waals surface area contributed by atoms with Crippen molar-refractivity contribution in [2.24, 2.45) is 0 Å². The molecule has 0 amide bonds. The summed E-state index contributed by atoms with van der Waals surface area (Å²) in [6.07, 6.45) is 0. The lowest BCUT2D eigenvalue weighted by molar-refractivity contribution is 0.835. The first-order chi connectivity index (χ1) is 6.97. The molecular formula is C13H20BrN. The number of rotatable bonds is 3. The van der Waals surface area contributed by atoms with Crippen molar-refractivity contribution in [1.29, 1.82) is 0 Å². The second-order valence-corrected chi connectivity index (χ2v) is 5.43. The molecule has 0 heterocycles.